The smallest absolute Gasteiger partial charge is 0.326 e. The fourth-order valence-corrected chi connectivity index (χ4v) is 2.54. The average molecular weight is 300 g/mol. The molecule has 0 bridgehead atoms. The second kappa shape index (κ2) is 9.02. The van der Waals surface area contributed by atoms with E-state index in [0.717, 1.165) is 31.6 Å². The monoisotopic (exact) mass is 300 g/mol. The molecule has 0 amide bonds. The zero-order valence-corrected chi connectivity index (χ0v) is 13.3. The van der Waals surface area contributed by atoms with Gasteiger partial charge in [0.05, 0.1) is 12.8 Å². The van der Waals surface area contributed by atoms with Gasteiger partial charge in [-0.05, 0) is 39.7 Å². The number of hydrogen-bond donors (Lipinski definition) is 1. The second-order valence-electron chi connectivity index (χ2n) is 4.73. The van der Waals surface area contributed by atoms with E-state index in [9.17, 15) is 4.79 Å². The lowest BCUT2D eigenvalue weighted by atomic mass is 9.96. The molecular weight excluding hydrogens is 276 g/mol. The summed E-state index contributed by atoms with van der Waals surface area (Å²) in [5, 5.41) is 3.97. The fourth-order valence-electron chi connectivity index (χ4n) is 1.82. The first kappa shape index (κ1) is 17.0. The van der Waals surface area contributed by atoms with E-state index in [2.05, 4.69) is 17.2 Å². The van der Waals surface area contributed by atoms with Gasteiger partial charge in [-0.3, -0.25) is 4.79 Å². The van der Waals surface area contributed by atoms with Gasteiger partial charge < -0.3 is 14.5 Å². The lowest BCUT2D eigenvalue weighted by Gasteiger charge is -2.28. The van der Waals surface area contributed by atoms with Crippen molar-refractivity contribution in [3.63, 3.8) is 0 Å². The Morgan fingerprint density at radius 2 is 2.35 bits per heavy atom. The van der Waals surface area contributed by atoms with Crippen LogP contribution in [0.4, 0.5) is 0 Å². The minimum Gasteiger partial charge on any atom is -0.465 e. The Morgan fingerprint density at radius 3 is 2.95 bits per heavy atom. The Kier molecular flexibility index (Phi) is 7.69. The molecule has 0 aromatic carbocycles. The van der Waals surface area contributed by atoms with E-state index >= 15 is 0 Å². The van der Waals surface area contributed by atoms with Gasteiger partial charge in [0, 0.05) is 5.75 Å². The van der Waals surface area contributed by atoms with E-state index < -0.39 is 5.54 Å². The van der Waals surface area contributed by atoms with Gasteiger partial charge >= 0.3 is 5.97 Å². The fraction of sp³-hybridized carbons (Fsp3) is 0.714. The minimum absolute atomic E-state index is 0.172. The molecule has 0 aliphatic heterocycles. The van der Waals surface area contributed by atoms with Crippen molar-refractivity contribution in [2.24, 2.45) is 0 Å². The normalized spacial score (nSPS) is 13.9. The first-order chi connectivity index (χ1) is 9.62. The molecule has 0 aliphatic carbocycles. The average Bonchev–Trinajstić information content (AvgIpc) is 2.95. The summed E-state index contributed by atoms with van der Waals surface area (Å²) >= 11 is 1.56. The molecule has 1 heterocycles. The third-order valence-corrected chi connectivity index (χ3v) is 3.89. The van der Waals surface area contributed by atoms with Gasteiger partial charge in [0.2, 0.25) is 0 Å². The first-order valence-electron chi connectivity index (χ1n) is 7.07. The number of hydrogen-bond acceptors (Lipinski definition) is 6. The summed E-state index contributed by atoms with van der Waals surface area (Å²) < 4.78 is 10.3. The van der Waals surface area contributed by atoms with Gasteiger partial charge in [0.15, 0.2) is 0 Å². The molecule has 20 heavy (non-hydrogen) atoms. The van der Waals surface area contributed by atoms with Crippen LogP contribution < -0.4 is 5.32 Å². The first-order valence-corrected chi connectivity index (χ1v) is 8.05. The molecular formula is C14H24N2O3S. The van der Waals surface area contributed by atoms with Crippen molar-refractivity contribution in [3.05, 3.63) is 12.5 Å². The van der Waals surface area contributed by atoms with Gasteiger partial charge in [-0.25, -0.2) is 4.98 Å². The molecule has 6 heteroatoms. The molecule has 5 nitrogen and oxygen atoms in total. The van der Waals surface area contributed by atoms with E-state index in [4.69, 9.17) is 9.15 Å². The van der Waals surface area contributed by atoms with Crippen LogP contribution in [0.2, 0.25) is 0 Å². The second-order valence-corrected chi connectivity index (χ2v) is 5.78. The standard InChI is InChI=1S/C14H24N2O3S/c1-4-8-16-14(3,12(17)18-5-2)7-6-11-20-13-15-9-10-19-13/h9-10,16H,4-8,11H2,1-3H3. The molecule has 114 valence electrons. The van der Waals surface area contributed by atoms with Crippen LogP contribution in [0.25, 0.3) is 0 Å². The van der Waals surface area contributed by atoms with Gasteiger partial charge in [0.25, 0.3) is 5.22 Å². The topological polar surface area (TPSA) is 64.4 Å². The third kappa shape index (κ3) is 5.54. The molecule has 1 aromatic rings. The molecule has 1 N–H and O–H groups in total. The number of nitrogens with zero attached hydrogens (tertiary/aromatic N) is 1. The highest BCUT2D eigenvalue weighted by molar-refractivity contribution is 7.99. The zero-order valence-electron chi connectivity index (χ0n) is 12.5. The van der Waals surface area contributed by atoms with E-state index in [-0.39, 0.29) is 5.97 Å². The lowest BCUT2D eigenvalue weighted by molar-refractivity contribution is -0.150. The van der Waals surface area contributed by atoms with E-state index in [1.807, 2.05) is 13.8 Å². The van der Waals surface area contributed by atoms with Gasteiger partial charge in [0.1, 0.15) is 11.8 Å². The van der Waals surface area contributed by atoms with E-state index in [0.29, 0.717) is 11.8 Å². The van der Waals surface area contributed by atoms with Crippen LogP contribution in [-0.2, 0) is 9.53 Å². The van der Waals surface area contributed by atoms with Gasteiger partial charge in [-0.1, -0.05) is 18.7 Å². The number of carbonyl (C=O) groups is 1. The molecule has 1 atom stereocenters. The van der Waals surface area contributed by atoms with Gasteiger partial charge in [-0.15, -0.1) is 0 Å². The highest BCUT2D eigenvalue weighted by Crippen LogP contribution is 2.21. The number of rotatable bonds is 10. The number of aromatic nitrogens is 1. The molecule has 1 aromatic heterocycles. The van der Waals surface area contributed by atoms with E-state index in [1.54, 1.807) is 24.2 Å². The molecule has 0 radical (unpaired) electrons. The zero-order chi connectivity index (χ0) is 14.8. The SMILES string of the molecule is CCCNC(C)(CCCSc1ncco1)C(=O)OCC. The third-order valence-electron chi connectivity index (χ3n) is 2.95. The van der Waals surface area contributed by atoms with Crippen molar-refractivity contribution in [2.75, 3.05) is 18.9 Å². The molecule has 0 spiro atoms. The summed E-state index contributed by atoms with van der Waals surface area (Å²) in [5.74, 6) is 0.693. The van der Waals surface area contributed by atoms with Crippen LogP contribution in [0.15, 0.2) is 22.1 Å². The molecule has 1 rings (SSSR count). The van der Waals surface area contributed by atoms with Crippen LogP contribution >= 0.6 is 11.8 Å². The summed E-state index contributed by atoms with van der Waals surface area (Å²) in [4.78, 5) is 16.1. The lowest BCUT2D eigenvalue weighted by Crippen LogP contribution is -2.50. The Balaban J connectivity index is 2.40. The minimum atomic E-state index is -0.608. The summed E-state index contributed by atoms with van der Waals surface area (Å²) in [6.07, 6.45) is 5.81. The molecule has 0 saturated carbocycles. The predicted molar refractivity (Wildman–Crippen MR) is 79.8 cm³/mol. The Morgan fingerprint density at radius 1 is 1.55 bits per heavy atom. The molecule has 0 aliphatic rings. The molecule has 0 saturated heterocycles. The highest BCUT2D eigenvalue weighted by Gasteiger charge is 2.33. The van der Waals surface area contributed by atoms with Crippen molar-refractivity contribution in [1.29, 1.82) is 0 Å². The van der Waals surface area contributed by atoms with Crippen molar-refractivity contribution >= 4 is 17.7 Å². The Hall–Kier alpha value is -1.01. The van der Waals surface area contributed by atoms with Crippen LogP contribution in [0, 0.1) is 0 Å². The molecule has 1 unspecified atom stereocenters. The van der Waals surface area contributed by atoms with Crippen LogP contribution in [0.3, 0.4) is 0 Å². The maximum atomic E-state index is 12.1. The maximum absolute atomic E-state index is 12.1. The summed E-state index contributed by atoms with van der Waals surface area (Å²) in [5.41, 5.74) is -0.608. The number of oxazole rings is 1. The Labute approximate surface area is 124 Å². The predicted octanol–water partition coefficient (Wildman–Crippen LogP) is 2.87. The summed E-state index contributed by atoms with van der Waals surface area (Å²) in [7, 11) is 0. The Bertz CT molecular complexity index is 384. The van der Waals surface area contributed by atoms with Crippen LogP contribution in [0.1, 0.15) is 40.0 Å². The quantitative estimate of drug-likeness (QED) is 0.407. The largest absolute Gasteiger partial charge is 0.465 e. The van der Waals surface area contributed by atoms with Crippen molar-refractivity contribution in [1.82, 2.24) is 10.3 Å². The number of esters is 1. The number of nitrogens with one attached hydrogen (secondary N) is 1. The van der Waals surface area contributed by atoms with Crippen molar-refractivity contribution < 1.29 is 13.9 Å². The highest BCUT2D eigenvalue weighted by atomic mass is 32.2. The maximum Gasteiger partial charge on any atom is 0.326 e. The van der Waals surface area contributed by atoms with Crippen LogP contribution in [-0.4, -0.2) is 35.4 Å². The summed E-state index contributed by atoms with van der Waals surface area (Å²) in [6, 6.07) is 0. The van der Waals surface area contributed by atoms with Gasteiger partial charge in [-0.2, -0.15) is 0 Å². The number of carbonyl (C=O) groups excluding carboxylic acids is 1. The van der Waals surface area contributed by atoms with E-state index in [1.165, 1.54) is 0 Å². The number of thioether (sulfide) groups is 1. The van der Waals surface area contributed by atoms with Crippen molar-refractivity contribution in [3.8, 4) is 0 Å². The van der Waals surface area contributed by atoms with Crippen molar-refractivity contribution in [2.45, 2.75) is 50.8 Å². The number of ether oxygens (including phenoxy) is 1. The summed E-state index contributed by atoms with van der Waals surface area (Å²) in [6.45, 7) is 7.04. The molecule has 0 fully saturated rings. The van der Waals surface area contributed by atoms with Crippen LogP contribution in [0.5, 0.6) is 0 Å².